The molecule has 0 aliphatic rings. The lowest BCUT2D eigenvalue weighted by molar-refractivity contribution is 0.548. The summed E-state index contributed by atoms with van der Waals surface area (Å²) in [5, 5.41) is 0.652. The number of nitrogens with one attached hydrogen (secondary N) is 1. The van der Waals surface area contributed by atoms with E-state index in [0.717, 1.165) is 20.1 Å². The molecule has 2 rings (SSSR count). The quantitative estimate of drug-likeness (QED) is 0.551. The Kier molecular flexibility index (Phi) is 5.57. The summed E-state index contributed by atoms with van der Waals surface area (Å²) < 4.78 is 14.7. The zero-order valence-electron chi connectivity index (χ0n) is 10.3. The Morgan fingerprint density at radius 2 is 1.90 bits per heavy atom. The van der Waals surface area contributed by atoms with Crippen LogP contribution in [0.25, 0.3) is 0 Å². The number of hydrogen-bond donors (Lipinski definition) is 2. The summed E-state index contributed by atoms with van der Waals surface area (Å²) in [5.74, 6) is 5.37. The predicted octanol–water partition coefficient (Wildman–Crippen LogP) is 4.75. The first-order valence-electron chi connectivity index (χ1n) is 5.86. The molecule has 1 atom stereocenters. The maximum atomic E-state index is 13.1. The molecule has 3 N–H and O–H groups in total. The summed E-state index contributed by atoms with van der Waals surface area (Å²) in [6.45, 7) is 0. The van der Waals surface area contributed by atoms with Crippen LogP contribution < -0.4 is 11.3 Å². The Bertz CT molecular complexity index is 622. The van der Waals surface area contributed by atoms with E-state index in [1.807, 2.05) is 18.2 Å². The van der Waals surface area contributed by atoms with Crippen LogP contribution in [0.3, 0.4) is 0 Å². The highest BCUT2D eigenvalue weighted by atomic mass is 79.9. The van der Waals surface area contributed by atoms with Gasteiger partial charge in [-0.25, -0.2) is 4.39 Å². The number of hydrogen-bond acceptors (Lipinski definition) is 2. The van der Waals surface area contributed by atoms with Crippen LogP contribution in [-0.2, 0) is 6.42 Å². The summed E-state index contributed by atoms with van der Waals surface area (Å²) in [6.07, 6.45) is 0.623. The van der Waals surface area contributed by atoms with Crippen molar-refractivity contribution < 1.29 is 4.39 Å². The van der Waals surface area contributed by atoms with Gasteiger partial charge in [-0.05, 0) is 41.8 Å². The maximum Gasteiger partial charge on any atom is 0.124 e. The van der Waals surface area contributed by atoms with Gasteiger partial charge >= 0.3 is 0 Å². The van der Waals surface area contributed by atoms with Gasteiger partial charge in [-0.1, -0.05) is 55.6 Å². The van der Waals surface area contributed by atoms with E-state index in [-0.39, 0.29) is 11.9 Å². The standard InChI is InChI=1S/C14H12Br2ClFN2/c15-12-7-10(18)3-1-8(12)5-14(20-19)11-4-2-9(17)6-13(11)16/h1-4,6-7,14,20H,5,19H2. The Labute approximate surface area is 138 Å². The Morgan fingerprint density at radius 1 is 1.15 bits per heavy atom. The van der Waals surface area contributed by atoms with Crippen LogP contribution >= 0.6 is 43.5 Å². The third-order valence-electron chi connectivity index (χ3n) is 2.98. The molecule has 2 aromatic rings. The second kappa shape index (κ2) is 7.00. The zero-order chi connectivity index (χ0) is 14.7. The van der Waals surface area contributed by atoms with Crippen molar-refractivity contribution in [2.45, 2.75) is 12.5 Å². The average molecular weight is 423 g/mol. The highest BCUT2D eigenvalue weighted by molar-refractivity contribution is 9.10. The zero-order valence-corrected chi connectivity index (χ0v) is 14.3. The maximum absolute atomic E-state index is 13.1. The molecule has 0 fully saturated rings. The minimum absolute atomic E-state index is 0.108. The fourth-order valence-electron chi connectivity index (χ4n) is 1.95. The van der Waals surface area contributed by atoms with Gasteiger partial charge in [0.15, 0.2) is 0 Å². The molecule has 2 aromatic carbocycles. The molecule has 0 amide bonds. The van der Waals surface area contributed by atoms with Gasteiger partial charge in [0.1, 0.15) is 5.82 Å². The predicted molar refractivity (Wildman–Crippen MR) is 87.0 cm³/mol. The van der Waals surface area contributed by atoms with Crippen molar-refractivity contribution in [2.75, 3.05) is 0 Å². The van der Waals surface area contributed by atoms with Gasteiger partial charge in [0, 0.05) is 14.0 Å². The molecule has 0 heterocycles. The van der Waals surface area contributed by atoms with Crippen molar-refractivity contribution in [2.24, 2.45) is 5.84 Å². The molecule has 0 radical (unpaired) electrons. The van der Waals surface area contributed by atoms with Crippen molar-refractivity contribution in [3.63, 3.8) is 0 Å². The minimum Gasteiger partial charge on any atom is -0.271 e. The molecule has 2 nitrogen and oxygen atoms in total. The van der Waals surface area contributed by atoms with E-state index in [2.05, 4.69) is 37.3 Å². The van der Waals surface area contributed by atoms with Crippen LogP contribution in [0.1, 0.15) is 17.2 Å². The molecule has 0 aromatic heterocycles. The first kappa shape index (κ1) is 15.9. The van der Waals surface area contributed by atoms with Crippen molar-refractivity contribution in [3.8, 4) is 0 Å². The highest BCUT2D eigenvalue weighted by Crippen LogP contribution is 2.30. The van der Waals surface area contributed by atoms with Crippen LogP contribution in [-0.4, -0.2) is 0 Å². The molecule has 0 aliphatic heterocycles. The molecule has 106 valence electrons. The number of hydrazine groups is 1. The van der Waals surface area contributed by atoms with Gasteiger partial charge in [-0.3, -0.25) is 11.3 Å². The van der Waals surface area contributed by atoms with Crippen LogP contribution in [0.5, 0.6) is 0 Å². The largest absolute Gasteiger partial charge is 0.271 e. The summed E-state index contributed by atoms with van der Waals surface area (Å²) in [4.78, 5) is 0. The molecule has 20 heavy (non-hydrogen) atoms. The summed E-state index contributed by atoms with van der Waals surface area (Å²) in [5.41, 5.74) is 4.74. The summed E-state index contributed by atoms with van der Waals surface area (Å²) >= 11 is 12.8. The molecule has 1 unspecified atom stereocenters. The first-order valence-corrected chi connectivity index (χ1v) is 7.82. The van der Waals surface area contributed by atoms with E-state index < -0.39 is 0 Å². The van der Waals surface area contributed by atoms with Gasteiger partial charge in [0.25, 0.3) is 0 Å². The Morgan fingerprint density at radius 3 is 2.50 bits per heavy atom. The van der Waals surface area contributed by atoms with Crippen molar-refractivity contribution in [1.82, 2.24) is 5.43 Å². The molecule has 0 saturated carbocycles. The molecule has 6 heteroatoms. The topological polar surface area (TPSA) is 38.0 Å². The van der Waals surface area contributed by atoms with Crippen molar-refractivity contribution in [3.05, 3.63) is 67.3 Å². The van der Waals surface area contributed by atoms with Gasteiger partial charge in [-0.15, -0.1) is 0 Å². The molecule has 0 aliphatic carbocycles. The third-order valence-corrected chi connectivity index (χ3v) is 4.64. The number of halogens is 4. The van der Waals surface area contributed by atoms with E-state index in [9.17, 15) is 4.39 Å². The first-order chi connectivity index (χ1) is 9.51. The third kappa shape index (κ3) is 3.80. The Hall–Kier alpha value is -0.460. The molecule has 0 bridgehead atoms. The van der Waals surface area contributed by atoms with Crippen LogP contribution in [0.4, 0.5) is 4.39 Å². The number of benzene rings is 2. The fraction of sp³-hybridized carbons (Fsp3) is 0.143. The van der Waals surface area contributed by atoms with Crippen molar-refractivity contribution >= 4 is 43.5 Å². The van der Waals surface area contributed by atoms with Crippen LogP contribution in [0, 0.1) is 5.82 Å². The molecular weight excluding hydrogens is 410 g/mol. The van der Waals surface area contributed by atoms with Gasteiger partial charge in [-0.2, -0.15) is 0 Å². The normalized spacial score (nSPS) is 12.4. The molecule has 0 spiro atoms. The van der Waals surface area contributed by atoms with E-state index in [1.165, 1.54) is 12.1 Å². The van der Waals surface area contributed by atoms with E-state index in [0.29, 0.717) is 11.4 Å². The number of nitrogens with two attached hydrogens (primary N) is 1. The monoisotopic (exact) mass is 420 g/mol. The lowest BCUT2D eigenvalue weighted by atomic mass is 9.99. The van der Waals surface area contributed by atoms with E-state index in [4.69, 9.17) is 17.4 Å². The Balaban J connectivity index is 2.28. The van der Waals surface area contributed by atoms with Gasteiger partial charge in [0.2, 0.25) is 0 Å². The van der Waals surface area contributed by atoms with Crippen LogP contribution in [0.2, 0.25) is 5.02 Å². The smallest absolute Gasteiger partial charge is 0.124 e. The van der Waals surface area contributed by atoms with Gasteiger partial charge < -0.3 is 0 Å². The lowest BCUT2D eigenvalue weighted by Gasteiger charge is -2.19. The van der Waals surface area contributed by atoms with E-state index >= 15 is 0 Å². The molecule has 0 saturated heterocycles. The second-order valence-corrected chi connectivity index (χ2v) is 6.47. The minimum atomic E-state index is -0.273. The van der Waals surface area contributed by atoms with E-state index in [1.54, 1.807) is 6.07 Å². The van der Waals surface area contributed by atoms with Crippen molar-refractivity contribution in [1.29, 1.82) is 0 Å². The summed E-state index contributed by atoms with van der Waals surface area (Å²) in [7, 11) is 0. The fourth-order valence-corrected chi connectivity index (χ4v) is 3.42. The summed E-state index contributed by atoms with van der Waals surface area (Å²) in [6, 6.07) is 10.1. The average Bonchev–Trinajstić information content (AvgIpc) is 2.39. The molecular formula is C14H12Br2ClFN2. The van der Waals surface area contributed by atoms with Gasteiger partial charge in [0.05, 0.1) is 6.04 Å². The number of rotatable bonds is 4. The SMILES string of the molecule is NNC(Cc1ccc(F)cc1Br)c1ccc(Cl)cc1Br. The lowest BCUT2D eigenvalue weighted by Crippen LogP contribution is -2.30. The second-order valence-electron chi connectivity index (χ2n) is 4.32. The highest BCUT2D eigenvalue weighted by Gasteiger charge is 2.15. The van der Waals surface area contributed by atoms with Crippen LogP contribution in [0.15, 0.2) is 45.3 Å².